The highest BCUT2D eigenvalue weighted by Gasteiger charge is 2.06. The Labute approximate surface area is 125 Å². The highest BCUT2D eigenvalue weighted by atomic mass is 35.5. The molecule has 0 amide bonds. The van der Waals surface area contributed by atoms with Crippen molar-refractivity contribution >= 4 is 17.9 Å². The SMILES string of the molecule is O=Cc1ccc(-c2cccc(Oc3ccc(Cl)nn3)c2)o1. The summed E-state index contributed by atoms with van der Waals surface area (Å²) in [6.07, 6.45) is 0.660. The van der Waals surface area contributed by atoms with Crippen LogP contribution >= 0.6 is 11.6 Å². The minimum atomic E-state index is 0.278. The molecule has 0 saturated heterocycles. The number of ether oxygens (including phenoxy) is 1. The number of furan rings is 1. The van der Waals surface area contributed by atoms with Gasteiger partial charge in [0.2, 0.25) is 5.88 Å². The van der Waals surface area contributed by atoms with E-state index < -0.39 is 0 Å². The summed E-state index contributed by atoms with van der Waals surface area (Å²) in [5, 5.41) is 7.82. The van der Waals surface area contributed by atoms with Crippen LogP contribution in [-0.2, 0) is 0 Å². The molecular weight excluding hydrogens is 292 g/mol. The van der Waals surface area contributed by atoms with Crippen LogP contribution in [0.2, 0.25) is 5.15 Å². The lowest BCUT2D eigenvalue weighted by molar-refractivity contribution is 0.110. The lowest BCUT2D eigenvalue weighted by Crippen LogP contribution is -1.90. The fourth-order valence-electron chi connectivity index (χ4n) is 1.76. The smallest absolute Gasteiger partial charge is 0.238 e. The van der Waals surface area contributed by atoms with E-state index in [4.69, 9.17) is 20.8 Å². The van der Waals surface area contributed by atoms with Crippen molar-refractivity contribution in [2.45, 2.75) is 0 Å². The Bertz CT molecular complexity index is 769. The monoisotopic (exact) mass is 300 g/mol. The molecule has 21 heavy (non-hydrogen) atoms. The van der Waals surface area contributed by atoms with Crippen molar-refractivity contribution in [2.24, 2.45) is 0 Å². The van der Waals surface area contributed by atoms with Gasteiger partial charge in [-0.15, -0.1) is 10.2 Å². The van der Waals surface area contributed by atoms with Crippen molar-refractivity contribution < 1.29 is 13.9 Å². The van der Waals surface area contributed by atoms with Crippen molar-refractivity contribution in [1.82, 2.24) is 10.2 Å². The summed E-state index contributed by atoms with van der Waals surface area (Å²) < 4.78 is 11.0. The van der Waals surface area contributed by atoms with Crippen LogP contribution in [0.1, 0.15) is 10.6 Å². The van der Waals surface area contributed by atoms with Gasteiger partial charge in [-0.05, 0) is 30.3 Å². The van der Waals surface area contributed by atoms with Crippen molar-refractivity contribution in [3.05, 3.63) is 59.4 Å². The molecule has 5 nitrogen and oxygen atoms in total. The van der Waals surface area contributed by atoms with E-state index in [2.05, 4.69) is 10.2 Å². The third-order valence-corrected chi connectivity index (χ3v) is 2.89. The van der Waals surface area contributed by atoms with E-state index in [0.29, 0.717) is 28.8 Å². The molecule has 0 unspecified atom stereocenters. The van der Waals surface area contributed by atoms with E-state index in [0.717, 1.165) is 5.56 Å². The topological polar surface area (TPSA) is 65.2 Å². The second-order valence-electron chi connectivity index (χ2n) is 4.14. The maximum absolute atomic E-state index is 10.6. The minimum absolute atomic E-state index is 0.278. The molecule has 3 aromatic rings. The zero-order valence-corrected chi connectivity index (χ0v) is 11.4. The van der Waals surface area contributed by atoms with Gasteiger partial charge in [-0.3, -0.25) is 4.79 Å². The summed E-state index contributed by atoms with van der Waals surface area (Å²) in [5.41, 5.74) is 0.794. The molecule has 0 saturated carbocycles. The van der Waals surface area contributed by atoms with Gasteiger partial charge in [0.25, 0.3) is 0 Å². The molecule has 0 aliphatic heterocycles. The first-order valence-corrected chi connectivity index (χ1v) is 6.45. The number of aromatic nitrogens is 2. The molecule has 0 spiro atoms. The molecule has 3 rings (SSSR count). The number of hydrogen-bond donors (Lipinski definition) is 0. The van der Waals surface area contributed by atoms with E-state index in [1.165, 1.54) is 0 Å². The highest BCUT2D eigenvalue weighted by molar-refractivity contribution is 6.29. The van der Waals surface area contributed by atoms with E-state index in [9.17, 15) is 4.79 Å². The molecule has 0 aliphatic rings. The Morgan fingerprint density at radius 3 is 2.71 bits per heavy atom. The fourth-order valence-corrected chi connectivity index (χ4v) is 1.86. The standard InChI is InChI=1S/C15H9ClN2O3/c16-14-6-7-15(18-17-14)21-11-3-1-2-10(8-11)13-5-4-12(9-19)20-13/h1-9H. The molecule has 0 N–H and O–H groups in total. The van der Waals surface area contributed by atoms with Gasteiger partial charge in [-0.1, -0.05) is 23.7 Å². The van der Waals surface area contributed by atoms with Gasteiger partial charge in [0.05, 0.1) is 0 Å². The van der Waals surface area contributed by atoms with Gasteiger partial charge in [-0.25, -0.2) is 0 Å². The summed E-state index contributed by atoms with van der Waals surface area (Å²) in [4.78, 5) is 10.6. The Balaban J connectivity index is 1.85. The number of benzene rings is 1. The van der Waals surface area contributed by atoms with Crippen LogP contribution in [0, 0.1) is 0 Å². The van der Waals surface area contributed by atoms with Crippen molar-refractivity contribution in [3.63, 3.8) is 0 Å². The van der Waals surface area contributed by atoms with Gasteiger partial charge >= 0.3 is 0 Å². The molecule has 0 aliphatic carbocycles. The van der Waals surface area contributed by atoms with E-state index >= 15 is 0 Å². The molecule has 0 bridgehead atoms. The summed E-state index contributed by atoms with van der Waals surface area (Å²) in [6, 6.07) is 13.8. The predicted octanol–water partition coefficient (Wildman–Crippen LogP) is 3.99. The maximum atomic E-state index is 10.6. The second kappa shape index (κ2) is 5.76. The Morgan fingerprint density at radius 1 is 1.10 bits per heavy atom. The molecule has 1 aromatic carbocycles. The van der Waals surface area contributed by atoms with Crippen LogP contribution in [0.5, 0.6) is 11.6 Å². The Morgan fingerprint density at radius 2 is 2.00 bits per heavy atom. The maximum Gasteiger partial charge on any atom is 0.238 e. The van der Waals surface area contributed by atoms with Gasteiger partial charge in [0.1, 0.15) is 11.5 Å². The van der Waals surface area contributed by atoms with Gasteiger partial charge in [0.15, 0.2) is 17.2 Å². The molecule has 104 valence electrons. The van der Waals surface area contributed by atoms with E-state index in [1.807, 2.05) is 12.1 Å². The molecule has 0 atom stereocenters. The lowest BCUT2D eigenvalue weighted by atomic mass is 10.1. The molecule has 0 fully saturated rings. The highest BCUT2D eigenvalue weighted by Crippen LogP contribution is 2.27. The number of carbonyl (C=O) groups excluding carboxylic acids is 1. The van der Waals surface area contributed by atoms with E-state index in [-0.39, 0.29) is 5.76 Å². The van der Waals surface area contributed by atoms with E-state index in [1.54, 1.807) is 36.4 Å². The van der Waals surface area contributed by atoms with Crippen LogP contribution in [0.25, 0.3) is 11.3 Å². The molecule has 2 aromatic heterocycles. The molecule has 2 heterocycles. The van der Waals surface area contributed by atoms with Gasteiger partial charge < -0.3 is 9.15 Å². The summed E-state index contributed by atoms with van der Waals surface area (Å²) in [7, 11) is 0. The summed E-state index contributed by atoms with van der Waals surface area (Å²) in [6.45, 7) is 0. The number of rotatable bonds is 4. The van der Waals surface area contributed by atoms with Crippen molar-refractivity contribution in [3.8, 4) is 23.0 Å². The summed E-state index contributed by atoms with van der Waals surface area (Å²) >= 11 is 5.67. The van der Waals surface area contributed by atoms with Crippen molar-refractivity contribution in [1.29, 1.82) is 0 Å². The quantitative estimate of drug-likeness (QED) is 0.681. The Hall–Kier alpha value is -2.66. The number of aldehydes is 1. The number of halogens is 1. The average molecular weight is 301 g/mol. The minimum Gasteiger partial charge on any atom is -0.453 e. The normalized spacial score (nSPS) is 10.3. The number of carbonyl (C=O) groups is 1. The van der Waals surface area contributed by atoms with Crippen molar-refractivity contribution in [2.75, 3.05) is 0 Å². The van der Waals surface area contributed by atoms with Gasteiger partial charge in [0, 0.05) is 11.6 Å². The summed E-state index contributed by atoms with van der Waals surface area (Å²) in [5.74, 6) is 1.78. The van der Waals surface area contributed by atoms with Crippen LogP contribution in [0.3, 0.4) is 0 Å². The van der Waals surface area contributed by atoms with Crippen LogP contribution in [-0.4, -0.2) is 16.5 Å². The zero-order valence-electron chi connectivity index (χ0n) is 10.7. The van der Waals surface area contributed by atoms with Gasteiger partial charge in [-0.2, -0.15) is 0 Å². The first-order valence-electron chi connectivity index (χ1n) is 6.07. The Kier molecular flexibility index (Phi) is 3.66. The third-order valence-electron chi connectivity index (χ3n) is 2.69. The van der Waals surface area contributed by atoms with Crippen LogP contribution < -0.4 is 4.74 Å². The first-order chi connectivity index (χ1) is 10.2. The first kappa shape index (κ1) is 13.3. The average Bonchev–Trinajstić information content (AvgIpc) is 2.99. The number of nitrogens with zero attached hydrogens (tertiary/aromatic N) is 2. The fraction of sp³-hybridized carbons (Fsp3) is 0. The van der Waals surface area contributed by atoms with Crippen LogP contribution in [0.15, 0.2) is 52.9 Å². The molecule has 0 radical (unpaired) electrons. The zero-order chi connectivity index (χ0) is 14.7. The molecule has 6 heteroatoms. The third kappa shape index (κ3) is 3.09. The largest absolute Gasteiger partial charge is 0.453 e. The predicted molar refractivity (Wildman–Crippen MR) is 76.6 cm³/mol. The van der Waals surface area contributed by atoms with Crippen LogP contribution in [0.4, 0.5) is 0 Å². The number of hydrogen-bond acceptors (Lipinski definition) is 5. The lowest BCUT2D eigenvalue weighted by Gasteiger charge is -2.05. The molecular formula is C15H9ClN2O3. The second-order valence-corrected chi connectivity index (χ2v) is 4.53.